The van der Waals surface area contributed by atoms with E-state index in [1.807, 2.05) is 19.2 Å². The second-order valence-corrected chi connectivity index (χ2v) is 7.95. The molecule has 1 aliphatic carbocycles. The van der Waals surface area contributed by atoms with Gasteiger partial charge in [0.05, 0.1) is 12.1 Å². The van der Waals surface area contributed by atoms with Crippen molar-refractivity contribution >= 4 is 17.3 Å². The molecule has 11 nitrogen and oxygen atoms in total. The van der Waals surface area contributed by atoms with Gasteiger partial charge in [-0.05, 0) is 25.5 Å². The molecule has 3 aromatic heterocycles. The van der Waals surface area contributed by atoms with Gasteiger partial charge in [0.2, 0.25) is 17.3 Å². The molecule has 4 heterocycles. The van der Waals surface area contributed by atoms with Gasteiger partial charge in [-0.1, -0.05) is 0 Å². The molecule has 1 fully saturated rings. The van der Waals surface area contributed by atoms with Gasteiger partial charge in [0.1, 0.15) is 12.0 Å². The number of ketones is 2. The summed E-state index contributed by atoms with van der Waals surface area (Å²) in [6.07, 6.45) is 4.99. The first-order valence-corrected chi connectivity index (χ1v) is 10.5. The summed E-state index contributed by atoms with van der Waals surface area (Å²) in [4.78, 5) is 42.5. The first kappa shape index (κ1) is 20.2. The molecule has 11 heteroatoms. The molecule has 0 N–H and O–H groups in total. The summed E-state index contributed by atoms with van der Waals surface area (Å²) in [6.45, 7) is 6.69. The number of hydrogen-bond donors (Lipinski definition) is 0. The Hall–Kier alpha value is -3.73. The number of rotatable bonds is 5. The predicted molar refractivity (Wildman–Crippen MR) is 112 cm³/mol. The minimum absolute atomic E-state index is 0.00925. The molecule has 1 aliphatic heterocycles. The standard InChI is InChI=1S/C21H22N8O3/c1-14-11-15(3-4-23-14)27-9-7-26(8-10-27)5-2-6-28-19-18(25-29(28)32)21(31)17-16(20(19)30)12-22-13-24-17/h3-4,11-13H,2,5-10H2,1H3. The lowest BCUT2D eigenvalue weighted by molar-refractivity contribution is -0.749. The van der Waals surface area contributed by atoms with Crippen LogP contribution in [0.15, 0.2) is 30.9 Å². The zero-order valence-electron chi connectivity index (χ0n) is 17.6. The average molecular weight is 434 g/mol. The summed E-state index contributed by atoms with van der Waals surface area (Å²) in [5.74, 6) is -0.971. The second-order valence-electron chi connectivity index (χ2n) is 7.95. The second kappa shape index (κ2) is 8.08. The van der Waals surface area contributed by atoms with Crippen LogP contribution in [0.4, 0.5) is 5.69 Å². The average Bonchev–Trinajstić information content (AvgIpc) is 3.14. The van der Waals surface area contributed by atoms with Gasteiger partial charge in [-0.25, -0.2) is 9.97 Å². The first-order valence-electron chi connectivity index (χ1n) is 10.5. The van der Waals surface area contributed by atoms with Crippen LogP contribution in [0.3, 0.4) is 0 Å². The van der Waals surface area contributed by atoms with Gasteiger partial charge in [0.15, 0.2) is 5.69 Å². The summed E-state index contributed by atoms with van der Waals surface area (Å²) in [5.41, 5.74) is 2.16. The lowest BCUT2D eigenvalue weighted by Crippen LogP contribution is -2.47. The van der Waals surface area contributed by atoms with Crippen LogP contribution < -0.4 is 9.86 Å². The molecule has 0 amide bonds. The van der Waals surface area contributed by atoms with Crippen molar-refractivity contribution in [2.75, 3.05) is 37.6 Å². The lowest BCUT2D eigenvalue weighted by Gasteiger charge is -2.36. The van der Waals surface area contributed by atoms with Crippen molar-refractivity contribution in [3.05, 3.63) is 64.4 Å². The summed E-state index contributed by atoms with van der Waals surface area (Å²) in [7, 11) is 0. The van der Waals surface area contributed by atoms with E-state index in [4.69, 9.17) is 0 Å². The van der Waals surface area contributed by atoms with Crippen LogP contribution >= 0.6 is 0 Å². The van der Waals surface area contributed by atoms with E-state index in [0.717, 1.165) is 38.4 Å². The molecule has 5 rings (SSSR count). The number of aromatic nitrogens is 6. The highest BCUT2D eigenvalue weighted by Crippen LogP contribution is 2.23. The highest BCUT2D eigenvalue weighted by atomic mass is 16.5. The van der Waals surface area contributed by atoms with Crippen molar-refractivity contribution in [1.29, 1.82) is 0 Å². The molecule has 0 saturated carbocycles. The number of aryl methyl sites for hydroxylation is 1. The number of piperazine rings is 1. The van der Waals surface area contributed by atoms with Crippen LogP contribution in [0.2, 0.25) is 0 Å². The number of nitrogens with zero attached hydrogens (tertiary/aromatic N) is 8. The molecule has 0 spiro atoms. The number of fused-ring (bicyclic) bond motifs is 2. The fourth-order valence-electron chi connectivity index (χ4n) is 4.29. The van der Waals surface area contributed by atoms with E-state index in [9.17, 15) is 14.8 Å². The SMILES string of the molecule is Cc1cc(N2CCN(CCCn3c4c(n[n+]3[O-])C(=O)c3ncncc3C4=O)CC2)ccn1. The normalized spacial score (nSPS) is 16.2. The number of hydrogen-bond acceptors (Lipinski definition) is 9. The Morgan fingerprint density at radius 3 is 2.66 bits per heavy atom. The molecular formula is C21H22N8O3. The highest BCUT2D eigenvalue weighted by Gasteiger charge is 2.40. The molecule has 1 saturated heterocycles. The van der Waals surface area contributed by atoms with E-state index in [1.54, 1.807) is 0 Å². The summed E-state index contributed by atoms with van der Waals surface area (Å²) < 4.78 is 1.24. The quantitative estimate of drug-likeness (QED) is 0.315. The number of carbonyl (C=O) groups excluding carboxylic acids is 2. The monoisotopic (exact) mass is 434 g/mol. The van der Waals surface area contributed by atoms with Crippen molar-refractivity contribution in [2.45, 2.75) is 19.9 Å². The third kappa shape index (κ3) is 3.50. The Bertz CT molecular complexity index is 1200. The molecule has 0 radical (unpaired) electrons. The fourth-order valence-corrected chi connectivity index (χ4v) is 4.29. The van der Waals surface area contributed by atoms with Gasteiger partial charge in [-0.2, -0.15) is 0 Å². The van der Waals surface area contributed by atoms with Crippen molar-refractivity contribution in [1.82, 2.24) is 29.6 Å². The van der Waals surface area contributed by atoms with E-state index in [2.05, 4.69) is 35.9 Å². The van der Waals surface area contributed by atoms with Crippen molar-refractivity contribution in [3.8, 4) is 0 Å². The van der Waals surface area contributed by atoms with Crippen LogP contribution in [0.5, 0.6) is 0 Å². The van der Waals surface area contributed by atoms with Crippen molar-refractivity contribution in [2.24, 2.45) is 0 Å². The maximum absolute atomic E-state index is 12.9. The highest BCUT2D eigenvalue weighted by molar-refractivity contribution is 6.25. The fraction of sp³-hybridized carbons (Fsp3) is 0.381. The third-order valence-corrected chi connectivity index (χ3v) is 5.94. The summed E-state index contributed by atoms with van der Waals surface area (Å²) >= 11 is 0. The molecule has 0 bridgehead atoms. The zero-order valence-corrected chi connectivity index (χ0v) is 17.6. The van der Waals surface area contributed by atoms with Crippen LogP contribution in [0, 0.1) is 12.1 Å². The van der Waals surface area contributed by atoms with Crippen LogP contribution in [-0.4, -0.2) is 73.9 Å². The largest absolute Gasteiger partial charge is 0.571 e. The molecule has 2 aliphatic rings. The van der Waals surface area contributed by atoms with E-state index in [-0.39, 0.29) is 29.2 Å². The van der Waals surface area contributed by atoms with Gasteiger partial charge in [-0.15, -0.1) is 4.68 Å². The predicted octanol–water partition coefficient (Wildman–Crippen LogP) is -0.00238. The maximum Gasteiger partial charge on any atom is 0.239 e. The van der Waals surface area contributed by atoms with E-state index >= 15 is 0 Å². The number of carbonyl (C=O) groups is 2. The van der Waals surface area contributed by atoms with Crippen molar-refractivity contribution in [3.63, 3.8) is 0 Å². The molecule has 0 unspecified atom stereocenters. The first-order chi connectivity index (χ1) is 15.5. The molecule has 0 atom stereocenters. The Morgan fingerprint density at radius 2 is 1.88 bits per heavy atom. The van der Waals surface area contributed by atoms with E-state index in [0.29, 0.717) is 11.4 Å². The Labute approximate surface area is 183 Å². The summed E-state index contributed by atoms with van der Waals surface area (Å²) in [6, 6.07) is 4.12. The molecular weight excluding hydrogens is 412 g/mol. The topological polar surface area (TPSA) is 124 Å². The van der Waals surface area contributed by atoms with Gasteiger partial charge in [-0.3, -0.25) is 19.5 Å². The van der Waals surface area contributed by atoms with Crippen LogP contribution in [0.25, 0.3) is 0 Å². The molecule has 32 heavy (non-hydrogen) atoms. The molecule has 0 aromatic carbocycles. The van der Waals surface area contributed by atoms with Crippen molar-refractivity contribution < 1.29 is 14.5 Å². The number of anilines is 1. The van der Waals surface area contributed by atoms with E-state index < -0.39 is 11.6 Å². The summed E-state index contributed by atoms with van der Waals surface area (Å²) in [5, 5.41) is 16.1. The van der Waals surface area contributed by atoms with E-state index in [1.165, 1.54) is 22.9 Å². The lowest BCUT2D eigenvalue weighted by atomic mass is 9.95. The third-order valence-electron chi connectivity index (χ3n) is 5.94. The van der Waals surface area contributed by atoms with Gasteiger partial charge < -0.3 is 10.1 Å². The zero-order chi connectivity index (χ0) is 22.2. The van der Waals surface area contributed by atoms with Crippen LogP contribution in [0.1, 0.15) is 44.3 Å². The van der Waals surface area contributed by atoms with Gasteiger partial charge in [0, 0.05) is 66.6 Å². The number of pyridine rings is 1. The minimum Gasteiger partial charge on any atom is -0.571 e. The van der Waals surface area contributed by atoms with Gasteiger partial charge >= 0.3 is 0 Å². The van der Waals surface area contributed by atoms with Crippen LogP contribution in [-0.2, 0) is 6.54 Å². The Morgan fingerprint density at radius 1 is 1.06 bits per heavy atom. The smallest absolute Gasteiger partial charge is 0.239 e. The Kier molecular flexibility index (Phi) is 5.10. The van der Waals surface area contributed by atoms with Gasteiger partial charge in [0.25, 0.3) is 0 Å². The maximum atomic E-state index is 12.9. The molecule has 3 aromatic rings. The molecule has 164 valence electrons. The Balaban J connectivity index is 1.22. The minimum atomic E-state index is -0.525.